The summed E-state index contributed by atoms with van der Waals surface area (Å²) in [5.41, 5.74) is 11.0. The van der Waals surface area contributed by atoms with E-state index < -0.39 is 0 Å². The van der Waals surface area contributed by atoms with Gasteiger partial charge in [0, 0.05) is 60.3 Å². The standard InChI is InChI=1S/C52H37NOS/c1-2-11-34(12-3-1)35-21-23-36(24-22-35)37-25-28-39(29-26-37)53(40-30-32-49-46(33-40)42-15-6-8-19-48(42)54-49)47-31-27-38-13-4-5-14-41(38)51(47)45-18-10-17-44-43-16-7-9-20-50(43)55-52(44)45/h1-23,25-32,36,40H,24,33H2. The van der Waals surface area contributed by atoms with E-state index in [1.54, 1.807) is 0 Å². The van der Waals surface area contributed by atoms with Gasteiger partial charge in [-0.15, -0.1) is 11.3 Å². The molecule has 2 aliphatic rings. The molecule has 0 aliphatic heterocycles. The molecular weight excluding hydrogens is 687 g/mol. The maximum absolute atomic E-state index is 6.36. The molecule has 0 radical (unpaired) electrons. The topological polar surface area (TPSA) is 16.4 Å². The van der Waals surface area contributed by atoms with Crippen molar-refractivity contribution in [3.05, 3.63) is 204 Å². The summed E-state index contributed by atoms with van der Waals surface area (Å²) in [6.45, 7) is 0. The van der Waals surface area contributed by atoms with E-state index in [1.807, 2.05) is 11.3 Å². The Kier molecular flexibility index (Phi) is 7.67. The predicted molar refractivity (Wildman–Crippen MR) is 235 cm³/mol. The second kappa shape index (κ2) is 13.2. The van der Waals surface area contributed by atoms with Gasteiger partial charge in [-0.3, -0.25) is 0 Å². The van der Waals surface area contributed by atoms with E-state index in [0.717, 1.165) is 24.2 Å². The molecule has 0 N–H and O–H groups in total. The summed E-state index contributed by atoms with van der Waals surface area (Å²) < 4.78 is 9.00. The van der Waals surface area contributed by atoms with E-state index in [-0.39, 0.29) is 6.04 Å². The van der Waals surface area contributed by atoms with Crippen molar-refractivity contribution in [2.75, 3.05) is 4.90 Å². The minimum atomic E-state index is 0.0619. The van der Waals surface area contributed by atoms with Crippen molar-refractivity contribution in [2.45, 2.75) is 24.8 Å². The van der Waals surface area contributed by atoms with Crippen LogP contribution in [0.15, 0.2) is 186 Å². The van der Waals surface area contributed by atoms with Gasteiger partial charge in [-0.25, -0.2) is 0 Å². The minimum absolute atomic E-state index is 0.0619. The summed E-state index contributed by atoms with van der Waals surface area (Å²) in [6, 6.07) is 57.8. The number of rotatable bonds is 6. The maximum Gasteiger partial charge on any atom is 0.135 e. The first-order valence-electron chi connectivity index (χ1n) is 19.2. The van der Waals surface area contributed by atoms with Gasteiger partial charge in [0.05, 0.1) is 11.7 Å². The van der Waals surface area contributed by atoms with E-state index in [2.05, 4.69) is 193 Å². The van der Waals surface area contributed by atoms with Crippen molar-refractivity contribution in [3.8, 4) is 11.1 Å². The van der Waals surface area contributed by atoms with E-state index in [0.29, 0.717) is 5.92 Å². The lowest BCUT2D eigenvalue weighted by Crippen LogP contribution is -2.33. The molecule has 55 heavy (non-hydrogen) atoms. The van der Waals surface area contributed by atoms with Gasteiger partial charge in [0.15, 0.2) is 0 Å². The van der Waals surface area contributed by atoms with Crippen LogP contribution in [0.5, 0.6) is 0 Å². The molecule has 2 aliphatic carbocycles. The molecule has 0 saturated heterocycles. The van der Waals surface area contributed by atoms with Gasteiger partial charge < -0.3 is 9.32 Å². The van der Waals surface area contributed by atoms with Crippen LogP contribution in [-0.4, -0.2) is 6.04 Å². The van der Waals surface area contributed by atoms with Crippen LogP contribution in [0.3, 0.4) is 0 Å². The van der Waals surface area contributed by atoms with Gasteiger partial charge >= 0.3 is 0 Å². The molecule has 2 atom stereocenters. The number of furan rings is 1. The third kappa shape index (κ3) is 5.46. The lowest BCUT2D eigenvalue weighted by atomic mass is 9.88. The van der Waals surface area contributed by atoms with Crippen molar-refractivity contribution in [2.24, 2.45) is 0 Å². The van der Waals surface area contributed by atoms with Crippen molar-refractivity contribution in [1.82, 2.24) is 0 Å². The van der Waals surface area contributed by atoms with Crippen LogP contribution >= 0.6 is 11.3 Å². The van der Waals surface area contributed by atoms with Crippen LogP contribution < -0.4 is 4.90 Å². The first kappa shape index (κ1) is 32.0. The Morgan fingerprint density at radius 3 is 2.22 bits per heavy atom. The molecule has 0 fully saturated rings. The lowest BCUT2D eigenvalue weighted by molar-refractivity contribution is 0.590. The molecule has 2 heterocycles. The predicted octanol–water partition coefficient (Wildman–Crippen LogP) is 14.5. The number of benzene rings is 7. The van der Waals surface area contributed by atoms with Crippen molar-refractivity contribution < 1.29 is 4.42 Å². The number of para-hydroxylation sites is 1. The number of thiophene rings is 1. The van der Waals surface area contributed by atoms with Gasteiger partial charge in [0.2, 0.25) is 0 Å². The first-order chi connectivity index (χ1) is 27.3. The second-order valence-electron chi connectivity index (χ2n) is 14.7. The Hall–Kier alpha value is -6.42. The van der Waals surface area contributed by atoms with Gasteiger partial charge in [-0.2, -0.15) is 0 Å². The van der Waals surface area contributed by atoms with Crippen molar-refractivity contribution >= 4 is 76.3 Å². The molecule has 2 unspecified atom stereocenters. The Balaban J connectivity index is 1.07. The highest BCUT2D eigenvalue weighted by Gasteiger charge is 2.29. The molecule has 11 rings (SSSR count). The highest BCUT2D eigenvalue weighted by atomic mass is 32.1. The third-order valence-corrected chi connectivity index (χ3v) is 12.8. The molecule has 262 valence electrons. The number of fused-ring (bicyclic) bond motifs is 7. The minimum Gasteiger partial charge on any atom is -0.456 e. The maximum atomic E-state index is 6.36. The van der Waals surface area contributed by atoms with Crippen molar-refractivity contribution in [3.63, 3.8) is 0 Å². The van der Waals surface area contributed by atoms with E-state index in [4.69, 9.17) is 4.42 Å². The normalized spacial score (nSPS) is 16.5. The molecule has 9 aromatic rings. The SMILES string of the molecule is C1=CC(c2ccc(N(c3ccc4ccccc4c3-c3cccc4c3sc3ccccc34)C3C=Cc4oc5ccccc5c4C3)cc2)CC=C1c1ccccc1. The van der Waals surface area contributed by atoms with Crippen molar-refractivity contribution in [1.29, 1.82) is 0 Å². The fraction of sp³-hybridized carbons (Fsp3) is 0.0769. The van der Waals surface area contributed by atoms with Gasteiger partial charge in [0.25, 0.3) is 0 Å². The summed E-state index contributed by atoms with van der Waals surface area (Å²) in [4.78, 5) is 2.59. The average molecular weight is 724 g/mol. The summed E-state index contributed by atoms with van der Waals surface area (Å²) >= 11 is 1.90. The Bertz CT molecular complexity index is 3000. The van der Waals surface area contributed by atoms with Crippen LogP contribution in [0, 0.1) is 0 Å². The fourth-order valence-corrected chi connectivity index (χ4v) is 10.1. The number of hydrogen-bond donors (Lipinski definition) is 0. The van der Waals surface area contributed by atoms with E-state index >= 15 is 0 Å². The number of allylic oxidation sites excluding steroid dienone is 4. The quantitative estimate of drug-likeness (QED) is 0.170. The van der Waals surface area contributed by atoms with Gasteiger partial charge in [-0.05, 0) is 70.3 Å². The lowest BCUT2D eigenvalue weighted by Gasteiger charge is -2.36. The van der Waals surface area contributed by atoms with Gasteiger partial charge in [-0.1, -0.05) is 152 Å². The molecule has 2 aromatic heterocycles. The Labute approximate surface area is 324 Å². The van der Waals surface area contributed by atoms with E-state index in [9.17, 15) is 0 Å². The number of anilines is 2. The largest absolute Gasteiger partial charge is 0.456 e. The molecular formula is C52H37NOS. The number of nitrogens with zero attached hydrogens (tertiary/aromatic N) is 1. The zero-order valence-electron chi connectivity index (χ0n) is 30.2. The molecule has 0 spiro atoms. The summed E-state index contributed by atoms with van der Waals surface area (Å²) in [5.74, 6) is 1.31. The van der Waals surface area contributed by atoms with Crippen LogP contribution in [0.4, 0.5) is 11.4 Å². The smallest absolute Gasteiger partial charge is 0.135 e. The summed E-state index contributed by atoms with van der Waals surface area (Å²) in [6.07, 6.45) is 13.4. The zero-order chi connectivity index (χ0) is 36.3. The molecule has 0 amide bonds. The summed E-state index contributed by atoms with van der Waals surface area (Å²) in [7, 11) is 0. The second-order valence-corrected chi connectivity index (χ2v) is 15.8. The van der Waals surface area contributed by atoms with Crippen LogP contribution in [-0.2, 0) is 6.42 Å². The summed E-state index contributed by atoms with van der Waals surface area (Å²) in [5, 5.41) is 6.32. The molecule has 2 nitrogen and oxygen atoms in total. The molecule has 7 aromatic carbocycles. The molecule has 0 saturated carbocycles. The number of hydrogen-bond acceptors (Lipinski definition) is 3. The monoisotopic (exact) mass is 723 g/mol. The fourth-order valence-electron chi connectivity index (χ4n) is 8.91. The molecule has 3 heteroatoms. The third-order valence-electron chi connectivity index (χ3n) is 11.6. The zero-order valence-corrected chi connectivity index (χ0v) is 31.0. The van der Waals surface area contributed by atoms with E-state index in [1.165, 1.54) is 81.1 Å². The highest BCUT2D eigenvalue weighted by molar-refractivity contribution is 7.26. The Morgan fingerprint density at radius 2 is 1.36 bits per heavy atom. The first-order valence-corrected chi connectivity index (χ1v) is 20.0. The molecule has 0 bridgehead atoms. The van der Waals surface area contributed by atoms with Crippen LogP contribution in [0.2, 0.25) is 0 Å². The Morgan fingerprint density at radius 1 is 0.600 bits per heavy atom. The highest BCUT2D eigenvalue weighted by Crippen LogP contribution is 2.48. The van der Waals surface area contributed by atoms with Crippen LogP contribution in [0.1, 0.15) is 34.8 Å². The van der Waals surface area contributed by atoms with Crippen LogP contribution in [0.25, 0.3) is 64.7 Å². The average Bonchev–Trinajstić information content (AvgIpc) is 3.83. The van der Waals surface area contributed by atoms with Gasteiger partial charge in [0.1, 0.15) is 11.3 Å².